The molecule has 3 fully saturated rings. The molecule has 3 rings (SSSR count). The van der Waals surface area contributed by atoms with Crippen LogP contribution in [0, 0.1) is 10.8 Å². The minimum atomic E-state index is -0.916. The monoisotopic (exact) mass is 283 g/mol. The van der Waals surface area contributed by atoms with Gasteiger partial charge in [-0.3, -0.25) is 9.59 Å². The van der Waals surface area contributed by atoms with Gasteiger partial charge in [-0.2, -0.15) is 11.8 Å². The van der Waals surface area contributed by atoms with Crippen molar-refractivity contribution in [2.75, 3.05) is 24.6 Å². The summed E-state index contributed by atoms with van der Waals surface area (Å²) in [7, 11) is 0. The summed E-state index contributed by atoms with van der Waals surface area (Å²) >= 11 is 1.87. The number of fused-ring (bicyclic) bond motifs is 2. The van der Waals surface area contributed by atoms with Crippen LogP contribution in [0.3, 0.4) is 0 Å². The molecule has 2 aliphatic heterocycles. The maximum atomic E-state index is 12.9. The van der Waals surface area contributed by atoms with Crippen molar-refractivity contribution in [3.8, 4) is 0 Å². The molecule has 3 aliphatic rings. The van der Waals surface area contributed by atoms with E-state index in [1.807, 2.05) is 37.4 Å². The molecule has 4 nitrogen and oxygen atoms in total. The van der Waals surface area contributed by atoms with Crippen LogP contribution in [-0.2, 0) is 14.3 Å². The van der Waals surface area contributed by atoms with Crippen molar-refractivity contribution in [1.29, 1.82) is 0 Å². The summed E-state index contributed by atoms with van der Waals surface area (Å²) < 4.78 is 5.64. The Balaban J connectivity index is 1.95. The molecule has 2 bridgehead atoms. The molecule has 1 aliphatic carbocycles. The number of ether oxygens (including phenoxy) is 1. The van der Waals surface area contributed by atoms with Gasteiger partial charge in [0.25, 0.3) is 5.91 Å². The van der Waals surface area contributed by atoms with Gasteiger partial charge in [-0.15, -0.1) is 0 Å². The van der Waals surface area contributed by atoms with Crippen LogP contribution in [0.4, 0.5) is 0 Å². The molecule has 2 atom stereocenters. The van der Waals surface area contributed by atoms with Gasteiger partial charge in [0, 0.05) is 30.0 Å². The molecule has 106 valence electrons. The molecule has 19 heavy (non-hydrogen) atoms. The lowest BCUT2D eigenvalue weighted by atomic mass is 9.66. The fourth-order valence-corrected chi connectivity index (χ4v) is 4.65. The lowest BCUT2D eigenvalue weighted by Gasteiger charge is -2.40. The lowest BCUT2D eigenvalue weighted by Crippen LogP contribution is -2.56. The predicted octanol–water partition coefficient (Wildman–Crippen LogP) is 1.68. The Bertz CT molecular complexity index is 444. The van der Waals surface area contributed by atoms with E-state index in [0.717, 1.165) is 31.0 Å². The average molecular weight is 283 g/mol. The van der Waals surface area contributed by atoms with Gasteiger partial charge in [0.1, 0.15) is 0 Å². The molecular weight excluding hydrogens is 262 g/mol. The summed E-state index contributed by atoms with van der Waals surface area (Å²) in [4.78, 5) is 27.0. The highest BCUT2D eigenvalue weighted by Gasteiger charge is 2.76. The molecule has 0 aromatic heterocycles. The highest BCUT2D eigenvalue weighted by atomic mass is 32.2. The van der Waals surface area contributed by atoms with E-state index in [1.165, 1.54) is 0 Å². The average Bonchev–Trinajstić information content (AvgIpc) is 2.69. The van der Waals surface area contributed by atoms with Gasteiger partial charge in [-0.05, 0) is 19.8 Å². The summed E-state index contributed by atoms with van der Waals surface area (Å²) in [6.07, 6.45) is 1.43. The Morgan fingerprint density at radius 2 is 1.84 bits per heavy atom. The molecule has 0 radical (unpaired) electrons. The van der Waals surface area contributed by atoms with Crippen LogP contribution in [0.2, 0.25) is 0 Å². The van der Waals surface area contributed by atoms with Crippen LogP contribution < -0.4 is 0 Å². The first-order valence-electron chi connectivity index (χ1n) is 6.96. The van der Waals surface area contributed by atoms with Crippen molar-refractivity contribution in [2.24, 2.45) is 10.8 Å². The normalized spacial score (nSPS) is 40.4. The van der Waals surface area contributed by atoms with Crippen LogP contribution in [0.25, 0.3) is 0 Å². The second kappa shape index (κ2) is 3.90. The third-order valence-corrected chi connectivity index (χ3v) is 6.67. The van der Waals surface area contributed by atoms with Crippen LogP contribution in [0.15, 0.2) is 0 Å². The summed E-state index contributed by atoms with van der Waals surface area (Å²) in [6.45, 7) is 7.53. The van der Waals surface area contributed by atoms with Crippen molar-refractivity contribution in [3.05, 3.63) is 0 Å². The van der Waals surface area contributed by atoms with Gasteiger partial charge in [-0.1, -0.05) is 13.8 Å². The number of nitrogens with zero attached hydrogens (tertiary/aromatic N) is 1. The first kappa shape index (κ1) is 13.3. The number of hydrogen-bond acceptors (Lipinski definition) is 4. The molecule has 1 amide bonds. The molecule has 0 aromatic rings. The summed E-state index contributed by atoms with van der Waals surface area (Å²) in [5.41, 5.74) is -1.84. The van der Waals surface area contributed by atoms with E-state index in [4.69, 9.17) is 4.74 Å². The maximum absolute atomic E-state index is 12.9. The third-order valence-electron chi connectivity index (χ3n) is 5.73. The van der Waals surface area contributed by atoms with E-state index in [0.29, 0.717) is 6.42 Å². The Morgan fingerprint density at radius 3 is 2.32 bits per heavy atom. The van der Waals surface area contributed by atoms with Crippen LogP contribution in [0.1, 0.15) is 33.6 Å². The highest BCUT2D eigenvalue weighted by molar-refractivity contribution is 7.99. The third kappa shape index (κ3) is 1.42. The van der Waals surface area contributed by atoms with Crippen molar-refractivity contribution >= 4 is 23.6 Å². The van der Waals surface area contributed by atoms with E-state index in [9.17, 15) is 9.59 Å². The molecule has 2 unspecified atom stereocenters. The summed E-state index contributed by atoms with van der Waals surface area (Å²) in [5, 5.41) is 0. The predicted molar refractivity (Wildman–Crippen MR) is 73.9 cm³/mol. The quantitative estimate of drug-likeness (QED) is 0.687. The number of amides is 1. The van der Waals surface area contributed by atoms with Gasteiger partial charge in [-0.25, -0.2) is 0 Å². The van der Waals surface area contributed by atoms with E-state index in [2.05, 4.69) is 0 Å². The van der Waals surface area contributed by atoms with E-state index in [1.54, 1.807) is 0 Å². The molecule has 1 saturated carbocycles. The second-order valence-corrected chi connectivity index (χ2v) is 7.80. The Hall–Kier alpha value is -0.710. The topological polar surface area (TPSA) is 46.6 Å². The zero-order valence-corrected chi connectivity index (χ0v) is 12.6. The SMILES string of the molecule is CC12CCC(C(=O)N3CCSCC3)(OC1=O)C2(C)C. The van der Waals surface area contributed by atoms with E-state index in [-0.39, 0.29) is 11.9 Å². The van der Waals surface area contributed by atoms with Crippen LogP contribution in [-0.4, -0.2) is 47.0 Å². The molecule has 2 saturated heterocycles. The van der Waals surface area contributed by atoms with Crippen LogP contribution >= 0.6 is 11.8 Å². The standard InChI is InChI=1S/C14H21NO3S/c1-12(2)13(3)4-5-14(12,18-11(13)17)10(16)15-6-8-19-9-7-15/h4-9H2,1-3H3. The maximum Gasteiger partial charge on any atom is 0.313 e. The smallest absolute Gasteiger partial charge is 0.313 e. The molecule has 0 N–H and O–H groups in total. The fourth-order valence-electron chi connectivity index (χ4n) is 3.74. The van der Waals surface area contributed by atoms with Gasteiger partial charge in [0.2, 0.25) is 0 Å². The van der Waals surface area contributed by atoms with Gasteiger partial charge < -0.3 is 9.64 Å². The largest absolute Gasteiger partial charge is 0.448 e. The number of thioether (sulfide) groups is 1. The summed E-state index contributed by atoms with van der Waals surface area (Å²) in [6, 6.07) is 0. The Labute approximate surface area is 118 Å². The molecule has 2 heterocycles. The zero-order chi connectivity index (χ0) is 13.9. The van der Waals surface area contributed by atoms with Crippen molar-refractivity contribution < 1.29 is 14.3 Å². The fraction of sp³-hybridized carbons (Fsp3) is 0.857. The summed E-state index contributed by atoms with van der Waals surface area (Å²) in [5.74, 6) is 1.80. The van der Waals surface area contributed by atoms with Gasteiger partial charge in [0.05, 0.1) is 5.41 Å². The van der Waals surface area contributed by atoms with Gasteiger partial charge >= 0.3 is 5.97 Å². The molecule has 0 aromatic carbocycles. The van der Waals surface area contributed by atoms with Crippen molar-refractivity contribution in [3.63, 3.8) is 0 Å². The minimum Gasteiger partial charge on any atom is -0.448 e. The molecular formula is C14H21NO3S. The van der Waals surface area contributed by atoms with Crippen molar-refractivity contribution in [2.45, 2.75) is 39.2 Å². The zero-order valence-electron chi connectivity index (χ0n) is 11.8. The number of carbonyl (C=O) groups is 2. The molecule has 5 heteroatoms. The van der Waals surface area contributed by atoms with Gasteiger partial charge in [0.15, 0.2) is 5.60 Å². The first-order chi connectivity index (χ1) is 8.85. The number of esters is 1. The Morgan fingerprint density at radius 1 is 1.21 bits per heavy atom. The first-order valence-corrected chi connectivity index (χ1v) is 8.11. The minimum absolute atomic E-state index is 0.0346. The lowest BCUT2D eigenvalue weighted by molar-refractivity contribution is -0.173. The van der Waals surface area contributed by atoms with E-state index < -0.39 is 16.4 Å². The van der Waals surface area contributed by atoms with Crippen LogP contribution in [0.5, 0.6) is 0 Å². The molecule has 0 spiro atoms. The Kier molecular flexibility index (Phi) is 2.73. The number of carbonyl (C=O) groups excluding carboxylic acids is 2. The highest BCUT2D eigenvalue weighted by Crippen LogP contribution is 2.65. The second-order valence-electron chi connectivity index (χ2n) is 6.58. The number of rotatable bonds is 1. The van der Waals surface area contributed by atoms with E-state index >= 15 is 0 Å². The van der Waals surface area contributed by atoms with Crippen molar-refractivity contribution in [1.82, 2.24) is 4.90 Å². The number of hydrogen-bond donors (Lipinski definition) is 0.